The van der Waals surface area contributed by atoms with E-state index in [-0.39, 0.29) is 23.8 Å². The zero-order valence-corrected chi connectivity index (χ0v) is 10.1. The van der Waals surface area contributed by atoms with Crippen LogP contribution in [0.15, 0.2) is 0 Å². The standard InChI is InChI=1S/C12H22F3N/c1-11(2)7-4-3-5-9(11)10(16)6-8-12(13,14)15/h9-10H,3-8,16H2,1-2H3. The van der Waals surface area contributed by atoms with Gasteiger partial charge < -0.3 is 5.73 Å². The predicted molar refractivity (Wildman–Crippen MR) is 59.0 cm³/mol. The second-order valence-corrected chi connectivity index (χ2v) is 5.66. The second kappa shape index (κ2) is 4.94. The third-order valence-electron chi connectivity index (χ3n) is 3.87. The van der Waals surface area contributed by atoms with Gasteiger partial charge >= 0.3 is 6.18 Å². The summed E-state index contributed by atoms with van der Waals surface area (Å²) in [4.78, 5) is 0. The summed E-state index contributed by atoms with van der Waals surface area (Å²) < 4.78 is 36.4. The zero-order chi connectivity index (χ0) is 12.4. The molecule has 0 aromatic heterocycles. The molecule has 2 atom stereocenters. The summed E-state index contributed by atoms with van der Waals surface area (Å²) in [6, 6.07) is -0.308. The lowest BCUT2D eigenvalue weighted by Crippen LogP contribution is -2.42. The van der Waals surface area contributed by atoms with E-state index in [1.165, 1.54) is 6.42 Å². The summed E-state index contributed by atoms with van der Waals surface area (Å²) in [5, 5.41) is 0. The molecule has 0 aromatic rings. The molecule has 0 bridgehead atoms. The van der Waals surface area contributed by atoms with Crippen LogP contribution in [0.1, 0.15) is 52.4 Å². The molecule has 1 rings (SSSR count). The molecule has 0 radical (unpaired) electrons. The Bertz CT molecular complexity index is 223. The van der Waals surface area contributed by atoms with Gasteiger partial charge in [-0.15, -0.1) is 0 Å². The van der Waals surface area contributed by atoms with Gasteiger partial charge in [0.25, 0.3) is 0 Å². The molecule has 0 amide bonds. The van der Waals surface area contributed by atoms with Crippen molar-refractivity contribution < 1.29 is 13.2 Å². The SMILES string of the molecule is CC1(C)CCCCC1C(N)CCC(F)(F)F. The summed E-state index contributed by atoms with van der Waals surface area (Å²) in [5.41, 5.74) is 6.03. The van der Waals surface area contributed by atoms with Gasteiger partial charge in [0.2, 0.25) is 0 Å². The van der Waals surface area contributed by atoms with Crippen molar-refractivity contribution >= 4 is 0 Å². The highest BCUT2D eigenvalue weighted by Crippen LogP contribution is 2.43. The van der Waals surface area contributed by atoms with Crippen molar-refractivity contribution in [1.29, 1.82) is 0 Å². The molecular formula is C12H22F3N. The average molecular weight is 237 g/mol. The lowest BCUT2D eigenvalue weighted by atomic mass is 9.65. The number of alkyl halides is 3. The fourth-order valence-electron chi connectivity index (χ4n) is 2.85. The van der Waals surface area contributed by atoms with Crippen LogP contribution in [0.5, 0.6) is 0 Å². The quantitative estimate of drug-likeness (QED) is 0.792. The Hall–Kier alpha value is -0.250. The Balaban J connectivity index is 2.49. The number of hydrogen-bond acceptors (Lipinski definition) is 1. The molecule has 0 spiro atoms. The Morgan fingerprint density at radius 3 is 2.44 bits per heavy atom. The average Bonchev–Trinajstić information content (AvgIpc) is 2.12. The molecule has 2 N–H and O–H groups in total. The van der Waals surface area contributed by atoms with E-state index in [0.29, 0.717) is 0 Å². The number of halogens is 3. The maximum atomic E-state index is 12.1. The zero-order valence-electron chi connectivity index (χ0n) is 10.1. The van der Waals surface area contributed by atoms with Crippen molar-refractivity contribution in [3.05, 3.63) is 0 Å². The maximum Gasteiger partial charge on any atom is 0.389 e. The van der Waals surface area contributed by atoms with E-state index < -0.39 is 12.6 Å². The van der Waals surface area contributed by atoms with Gasteiger partial charge in [-0.2, -0.15) is 13.2 Å². The topological polar surface area (TPSA) is 26.0 Å². The minimum atomic E-state index is -4.07. The maximum absolute atomic E-state index is 12.1. The van der Waals surface area contributed by atoms with Crippen LogP contribution in [0.4, 0.5) is 13.2 Å². The molecule has 1 nitrogen and oxygen atoms in total. The Morgan fingerprint density at radius 1 is 1.31 bits per heavy atom. The highest BCUT2D eigenvalue weighted by Gasteiger charge is 2.37. The lowest BCUT2D eigenvalue weighted by Gasteiger charge is -2.42. The highest BCUT2D eigenvalue weighted by atomic mass is 19.4. The Labute approximate surface area is 95.6 Å². The minimum Gasteiger partial charge on any atom is -0.327 e. The summed E-state index contributed by atoms with van der Waals surface area (Å²) in [6.45, 7) is 4.26. The van der Waals surface area contributed by atoms with Crippen LogP contribution in [0, 0.1) is 11.3 Å². The van der Waals surface area contributed by atoms with Gasteiger partial charge in [0.15, 0.2) is 0 Å². The van der Waals surface area contributed by atoms with Gasteiger partial charge in [-0.25, -0.2) is 0 Å². The molecule has 0 saturated heterocycles. The molecule has 4 heteroatoms. The highest BCUT2D eigenvalue weighted by molar-refractivity contribution is 4.89. The van der Waals surface area contributed by atoms with Crippen LogP contribution >= 0.6 is 0 Å². The van der Waals surface area contributed by atoms with Gasteiger partial charge in [0.05, 0.1) is 0 Å². The largest absolute Gasteiger partial charge is 0.389 e. The van der Waals surface area contributed by atoms with Crippen molar-refractivity contribution in [2.24, 2.45) is 17.1 Å². The monoisotopic (exact) mass is 237 g/mol. The van der Waals surface area contributed by atoms with Crippen LogP contribution < -0.4 is 5.73 Å². The Morgan fingerprint density at radius 2 is 1.94 bits per heavy atom. The van der Waals surface area contributed by atoms with E-state index in [2.05, 4.69) is 13.8 Å². The van der Waals surface area contributed by atoms with E-state index in [4.69, 9.17) is 5.73 Å². The van der Waals surface area contributed by atoms with Crippen molar-refractivity contribution in [1.82, 2.24) is 0 Å². The first-order valence-electron chi connectivity index (χ1n) is 6.05. The molecule has 1 fully saturated rings. The normalized spacial score (nSPS) is 27.8. The van der Waals surface area contributed by atoms with E-state index in [1.54, 1.807) is 0 Å². The van der Waals surface area contributed by atoms with Gasteiger partial charge in [0.1, 0.15) is 0 Å². The molecule has 1 aliphatic carbocycles. The van der Waals surface area contributed by atoms with Crippen LogP contribution in [-0.2, 0) is 0 Å². The molecular weight excluding hydrogens is 215 g/mol. The third kappa shape index (κ3) is 3.96. The summed E-state index contributed by atoms with van der Waals surface area (Å²) in [7, 11) is 0. The van der Waals surface area contributed by atoms with Gasteiger partial charge in [-0.1, -0.05) is 26.7 Å². The molecule has 1 saturated carbocycles. The summed E-state index contributed by atoms with van der Waals surface area (Å²) >= 11 is 0. The molecule has 0 aromatic carbocycles. The van der Waals surface area contributed by atoms with Gasteiger partial charge in [-0.05, 0) is 30.6 Å². The lowest BCUT2D eigenvalue weighted by molar-refractivity contribution is -0.137. The van der Waals surface area contributed by atoms with Crippen LogP contribution in [0.2, 0.25) is 0 Å². The molecule has 0 heterocycles. The van der Waals surface area contributed by atoms with E-state index in [9.17, 15) is 13.2 Å². The number of rotatable bonds is 3. The molecule has 0 aliphatic heterocycles. The predicted octanol–water partition coefficient (Wildman–Crippen LogP) is 3.87. The van der Waals surface area contributed by atoms with E-state index >= 15 is 0 Å². The first-order chi connectivity index (χ1) is 7.22. The van der Waals surface area contributed by atoms with Gasteiger partial charge in [0, 0.05) is 12.5 Å². The number of nitrogens with two attached hydrogens (primary N) is 1. The van der Waals surface area contributed by atoms with Crippen molar-refractivity contribution in [3.63, 3.8) is 0 Å². The summed E-state index contributed by atoms with van der Waals surface area (Å²) in [6.07, 6.45) is -0.415. The molecule has 1 aliphatic rings. The first kappa shape index (κ1) is 13.8. The third-order valence-corrected chi connectivity index (χ3v) is 3.87. The van der Waals surface area contributed by atoms with E-state index in [0.717, 1.165) is 19.3 Å². The molecule has 2 unspecified atom stereocenters. The van der Waals surface area contributed by atoms with Gasteiger partial charge in [-0.3, -0.25) is 0 Å². The molecule has 16 heavy (non-hydrogen) atoms. The smallest absolute Gasteiger partial charge is 0.327 e. The number of hydrogen-bond donors (Lipinski definition) is 1. The van der Waals surface area contributed by atoms with Crippen molar-refractivity contribution in [3.8, 4) is 0 Å². The second-order valence-electron chi connectivity index (χ2n) is 5.66. The molecule has 96 valence electrons. The Kier molecular flexibility index (Phi) is 4.27. The first-order valence-corrected chi connectivity index (χ1v) is 6.05. The fraction of sp³-hybridized carbons (Fsp3) is 1.00. The van der Waals surface area contributed by atoms with E-state index in [1.807, 2.05) is 0 Å². The summed E-state index contributed by atoms with van der Waals surface area (Å²) in [5.74, 6) is 0.239. The van der Waals surface area contributed by atoms with Crippen molar-refractivity contribution in [2.75, 3.05) is 0 Å². The van der Waals surface area contributed by atoms with Crippen molar-refractivity contribution in [2.45, 2.75) is 64.6 Å². The van der Waals surface area contributed by atoms with Crippen LogP contribution in [0.25, 0.3) is 0 Å². The minimum absolute atomic E-state index is 0.0671. The fourth-order valence-corrected chi connectivity index (χ4v) is 2.85. The van der Waals surface area contributed by atoms with Crippen LogP contribution in [0.3, 0.4) is 0 Å². The van der Waals surface area contributed by atoms with Crippen LogP contribution in [-0.4, -0.2) is 12.2 Å².